The fourth-order valence-electron chi connectivity index (χ4n) is 3.81. The Morgan fingerprint density at radius 2 is 1.74 bits per heavy atom. The summed E-state index contributed by atoms with van der Waals surface area (Å²) in [5.41, 5.74) is 7.80. The molecule has 2 aliphatic rings. The number of amidine groups is 1. The van der Waals surface area contributed by atoms with Gasteiger partial charge >= 0.3 is 0 Å². The summed E-state index contributed by atoms with van der Waals surface area (Å²) >= 11 is 0. The third kappa shape index (κ3) is 3.46. The molecule has 3 heterocycles. The van der Waals surface area contributed by atoms with Crippen molar-refractivity contribution < 1.29 is 14.2 Å². The number of nitrogens with two attached hydrogens (primary N) is 1. The molecule has 2 aliphatic heterocycles. The molecule has 2 N–H and O–H groups in total. The largest absolute Gasteiger partial charge is 0.493 e. The Morgan fingerprint density at radius 3 is 2.42 bits per heavy atom. The van der Waals surface area contributed by atoms with E-state index in [1.54, 1.807) is 18.5 Å². The van der Waals surface area contributed by atoms with E-state index in [-0.39, 0.29) is 18.0 Å². The number of rotatable bonds is 3. The molecule has 0 aliphatic carbocycles. The van der Waals surface area contributed by atoms with Crippen molar-refractivity contribution in [3.05, 3.63) is 66.0 Å². The second kappa shape index (κ2) is 6.97. The van der Waals surface area contributed by atoms with Crippen LogP contribution < -0.4 is 15.2 Å². The van der Waals surface area contributed by atoms with Crippen LogP contribution in [0.1, 0.15) is 31.9 Å². The Balaban J connectivity index is 1.63. The zero-order valence-electron chi connectivity index (χ0n) is 17.8. The minimum absolute atomic E-state index is 0.0420. The lowest BCUT2D eigenvalue weighted by molar-refractivity contribution is 0.197. The van der Waals surface area contributed by atoms with Crippen molar-refractivity contribution >= 4 is 6.02 Å². The number of aliphatic imine (C=N–C) groups is 1. The van der Waals surface area contributed by atoms with Crippen LogP contribution in [0.15, 0.2) is 59.9 Å². The summed E-state index contributed by atoms with van der Waals surface area (Å²) in [6, 6.07) is 13.6. The maximum absolute atomic E-state index is 6.23. The molecule has 3 aromatic rings. The molecule has 0 radical (unpaired) electrons. The minimum Gasteiger partial charge on any atom is -0.493 e. The average Bonchev–Trinajstić information content (AvgIpc) is 3.15. The molecular weight excluding hydrogens is 392 g/mol. The highest BCUT2D eigenvalue weighted by Gasteiger charge is 2.47. The molecule has 0 bridgehead atoms. The molecule has 0 fully saturated rings. The number of hydrogen-bond acceptors (Lipinski definition) is 7. The number of benzene rings is 2. The summed E-state index contributed by atoms with van der Waals surface area (Å²) in [5, 5.41) is 0. The smallest absolute Gasteiger partial charge is 0.283 e. The van der Waals surface area contributed by atoms with Crippen molar-refractivity contribution in [1.29, 1.82) is 0 Å². The highest BCUT2D eigenvalue weighted by Crippen LogP contribution is 2.52. The molecule has 31 heavy (non-hydrogen) atoms. The second-order valence-corrected chi connectivity index (χ2v) is 8.99. The molecule has 5 rings (SSSR count). The maximum atomic E-state index is 6.23. The zero-order chi connectivity index (χ0) is 21.6. The van der Waals surface area contributed by atoms with Crippen LogP contribution >= 0.6 is 0 Å². The molecule has 158 valence electrons. The lowest BCUT2D eigenvalue weighted by Gasteiger charge is -2.34. The van der Waals surface area contributed by atoms with Gasteiger partial charge in [-0.05, 0) is 47.9 Å². The fourth-order valence-corrected chi connectivity index (χ4v) is 3.81. The zero-order valence-corrected chi connectivity index (χ0v) is 17.8. The first kappa shape index (κ1) is 19.4. The quantitative estimate of drug-likeness (QED) is 0.686. The number of aromatic nitrogens is 2. The normalized spacial score (nSPS) is 19.1. The molecule has 2 aromatic carbocycles. The van der Waals surface area contributed by atoms with Gasteiger partial charge in [0, 0.05) is 29.1 Å². The Morgan fingerprint density at radius 1 is 1.03 bits per heavy atom. The number of hydrogen-bond donors (Lipinski definition) is 1. The SMILES string of the molecule is CC(C)(C)COc1ccc2c(c1)[C@]1(COC(N)=N1)c1cc(-c3ncccn3)ccc1O2. The van der Waals surface area contributed by atoms with Gasteiger partial charge in [0.1, 0.15) is 23.9 Å². The van der Waals surface area contributed by atoms with Crippen LogP contribution in [0.2, 0.25) is 0 Å². The van der Waals surface area contributed by atoms with Crippen molar-refractivity contribution in [2.75, 3.05) is 13.2 Å². The highest BCUT2D eigenvalue weighted by molar-refractivity contribution is 5.77. The Labute approximate surface area is 180 Å². The van der Waals surface area contributed by atoms with Gasteiger partial charge in [-0.2, -0.15) is 0 Å². The van der Waals surface area contributed by atoms with E-state index in [4.69, 9.17) is 24.9 Å². The van der Waals surface area contributed by atoms with E-state index in [1.165, 1.54) is 0 Å². The van der Waals surface area contributed by atoms with Gasteiger partial charge in [-0.15, -0.1) is 0 Å². The number of fused-ring (bicyclic) bond motifs is 4. The van der Waals surface area contributed by atoms with E-state index >= 15 is 0 Å². The van der Waals surface area contributed by atoms with Crippen LogP contribution in [-0.2, 0) is 10.3 Å². The van der Waals surface area contributed by atoms with E-state index in [1.807, 2.05) is 36.4 Å². The first-order chi connectivity index (χ1) is 14.8. The average molecular weight is 416 g/mol. The standard InChI is InChI=1S/C24H24N4O3/c1-23(2,3)13-29-16-6-8-20-18(12-16)24(14-30-22(25)28-24)17-11-15(5-7-19(17)31-20)21-26-9-4-10-27-21/h4-12H,13-14H2,1-3H3,(H2,25,28)/t24-/m0/s1. The third-order valence-corrected chi connectivity index (χ3v) is 5.27. The van der Waals surface area contributed by atoms with Crippen LogP contribution in [0, 0.1) is 5.41 Å². The molecule has 7 nitrogen and oxygen atoms in total. The van der Waals surface area contributed by atoms with E-state index in [0.29, 0.717) is 23.9 Å². The van der Waals surface area contributed by atoms with Crippen molar-refractivity contribution in [1.82, 2.24) is 9.97 Å². The first-order valence-corrected chi connectivity index (χ1v) is 10.2. The molecule has 1 atom stereocenters. The topological polar surface area (TPSA) is 91.9 Å². The molecule has 0 unspecified atom stereocenters. The van der Waals surface area contributed by atoms with Gasteiger partial charge in [-0.1, -0.05) is 20.8 Å². The fraction of sp³-hybridized carbons (Fsp3) is 0.292. The second-order valence-electron chi connectivity index (χ2n) is 8.99. The van der Waals surface area contributed by atoms with Crippen LogP contribution in [0.5, 0.6) is 17.2 Å². The van der Waals surface area contributed by atoms with Gasteiger partial charge in [0.15, 0.2) is 11.4 Å². The molecule has 0 saturated carbocycles. The van der Waals surface area contributed by atoms with Gasteiger partial charge in [0.25, 0.3) is 6.02 Å². The van der Waals surface area contributed by atoms with Gasteiger partial charge in [-0.3, -0.25) is 0 Å². The lowest BCUT2D eigenvalue weighted by Crippen LogP contribution is -2.31. The lowest BCUT2D eigenvalue weighted by atomic mass is 9.80. The van der Waals surface area contributed by atoms with E-state index < -0.39 is 5.54 Å². The number of nitrogens with zero attached hydrogens (tertiary/aromatic N) is 3. The summed E-state index contributed by atoms with van der Waals surface area (Å²) in [6.45, 7) is 7.28. The van der Waals surface area contributed by atoms with Crippen LogP contribution in [0.25, 0.3) is 11.4 Å². The molecular formula is C24H24N4O3. The predicted molar refractivity (Wildman–Crippen MR) is 117 cm³/mol. The van der Waals surface area contributed by atoms with Crippen molar-refractivity contribution in [2.24, 2.45) is 16.1 Å². The molecule has 1 aromatic heterocycles. The first-order valence-electron chi connectivity index (χ1n) is 10.2. The van der Waals surface area contributed by atoms with Gasteiger partial charge in [0.05, 0.1) is 6.61 Å². The number of ether oxygens (including phenoxy) is 3. The van der Waals surface area contributed by atoms with E-state index in [0.717, 1.165) is 22.4 Å². The molecule has 0 amide bonds. The van der Waals surface area contributed by atoms with Crippen LogP contribution in [0.3, 0.4) is 0 Å². The summed E-state index contributed by atoms with van der Waals surface area (Å²) < 4.78 is 17.9. The van der Waals surface area contributed by atoms with Crippen molar-refractivity contribution in [3.8, 4) is 28.6 Å². The van der Waals surface area contributed by atoms with Crippen LogP contribution in [-0.4, -0.2) is 29.2 Å². The third-order valence-electron chi connectivity index (χ3n) is 5.27. The van der Waals surface area contributed by atoms with E-state index in [9.17, 15) is 0 Å². The summed E-state index contributed by atoms with van der Waals surface area (Å²) in [4.78, 5) is 13.5. The summed E-state index contributed by atoms with van der Waals surface area (Å²) in [6.07, 6.45) is 3.44. The summed E-state index contributed by atoms with van der Waals surface area (Å²) in [7, 11) is 0. The molecule has 1 spiro atoms. The monoisotopic (exact) mass is 416 g/mol. The van der Waals surface area contributed by atoms with Crippen molar-refractivity contribution in [3.63, 3.8) is 0 Å². The Bertz CT molecular complexity index is 1170. The Kier molecular flexibility index (Phi) is 4.36. The molecule has 0 saturated heterocycles. The van der Waals surface area contributed by atoms with E-state index in [2.05, 4.69) is 30.7 Å². The minimum atomic E-state index is -0.821. The highest BCUT2D eigenvalue weighted by atomic mass is 16.5. The Hall–Kier alpha value is -3.61. The molecule has 7 heteroatoms. The predicted octanol–water partition coefficient (Wildman–Crippen LogP) is 4.26. The van der Waals surface area contributed by atoms with Gasteiger partial charge in [-0.25, -0.2) is 15.0 Å². The van der Waals surface area contributed by atoms with Crippen molar-refractivity contribution in [2.45, 2.75) is 26.3 Å². The van der Waals surface area contributed by atoms with Crippen LogP contribution in [0.4, 0.5) is 0 Å². The van der Waals surface area contributed by atoms with Gasteiger partial charge < -0.3 is 19.9 Å². The summed E-state index contributed by atoms with van der Waals surface area (Å²) in [5.74, 6) is 2.80. The van der Waals surface area contributed by atoms with Gasteiger partial charge in [0.2, 0.25) is 0 Å². The maximum Gasteiger partial charge on any atom is 0.283 e.